The number of hydrogen-bond donors (Lipinski definition) is 0. The predicted octanol–water partition coefficient (Wildman–Crippen LogP) is 3.16. The molecule has 0 fully saturated rings. The predicted molar refractivity (Wildman–Crippen MR) is 79.0 cm³/mol. The molecule has 3 heteroatoms. The summed E-state index contributed by atoms with van der Waals surface area (Å²) < 4.78 is 5.29. The summed E-state index contributed by atoms with van der Waals surface area (Å²) in [7, 11) is 3.58. The number of nitrogens with zero attached hydrogens (tertiary/aromatic N) is 1. The molecule has 0 atom stereocenters. The number of likely N-dealkylation sites (N-methyl/N-ethyl adjacent to an activating group) is 1. The number of benzene rings is 1. The van der Waals surface area contributed by atoms with Gasteiger partial charge in [0.15, 0.2) is 5.78 Å². The molecule has 0 unspecified atom stereocenters. The van der Waals surface area contributed by atoms with E-state index in [0.717, 1.165) is 12.1 Å². The van der Waals surface area contributed by atoms with Crippen LogP contribution in [0.25, 0.3) is 0 Å². The molecule has 0 aliphatic rings. The fraction of sp³-hybridized carbons (Fsp3) is 0.562. The summed E-state index contributed by atoms with van der Waals surface area (Å²) in [5.41, 5.74) is 1.94. The molecule has 3 nitrogen and oxygen atoms in total. The van der Waals surface area contributed by atoms with Crippen LogP contribution in [-0.2, 0) is 0 Å². The van der Waals surface area contributed by atoms with Crippen molar-refractivity contribution in [2.75, 3.05) is 27.2 Å². The number of methoxy groups -OCH3 is 1. The molecule has 1 aromatic carbocycles. The van der Waals surface area contributed by atoms with E-state index >= 15 is 0 Å². The van der Waals surface area contributed by atoms with E-state index in [2.05, 4.69) is 25.7 Å². The lowest BCUT2D eigenvalue weighted by atomic mass is 9.96. The molecule has 0 aromatic heterocycles. The third-order valence-electron chi connectivity index (χ3n) is 2.82. The van der Waals surface area contributed by atoms with Gasteiger partial charge in [0.1, 0.15) is 5.75 Å². The minimum Gasteiger partial charge on any atom is -0.496 e. The highest BCUT2D eigenvalue weighted by Gasteiger charge is 2.18. The Morgan fingerprint density at radius 3 is 2.47 bits per heavy atom. The largest absolute Gasteiger partial charge is 0.496 e. The first kappa shape index (κ1) is 15.7. The molecule has 0 saturated heterocycles. The lowest BCUT2D eigenvalue weighted by Crippen LogP contribution is -2.33. The van der Waals surface area contributed by atoms with E-state index in [9.17, 15) is 4.79 Å². The Labute approximate surface area is 116 Å². The number of ether oxygens (including phenoxy) is 1. The molecular formula is C16H25NO2. The van der Waals surface area contributed by atoms with E-state index in [1.807, 2.05) is 32.2 Å². The van der Waals surface area contributed by atoms with Gasteiger partial charge in [-0.2, -0.15) is 0 Å². The van der Waals surface area contributed by atoms with Crippen LogP contribution < -0.4 is 4.74 Å². The second kappa shape index (κ2) is 6.20. The Hall–Kier alpha value is -1.35. The quantitative estimate of drug-likeness (QED) is 0.764. The van der Waals surface area contributed by atoms with Gasteiger partial charge in [-0.1, -0.05) is 26.8 Å². The normalized spacial score (nSPS) is 11.7. The Morgan fingerprint density at radius 2 is 1.95 bits per heavy atom. The Balaban J connectivity index is 2.78. The van der Waals surface area contributed by atoms with Crippen molar-refractivity contribution in [2.24, 2.45) is 5.41 Å². The molecule has 0 bridgehead atoms. The van der Waals surface area contributed by atoms with E-state index in [1.165, 1.54) is 0 Å². The number of carbonyl (C=O) groups excluding carboxylic acids is 1. The van der Waals surface area contributed by atoms with E-state index in [1.54, 1.807) is 7.11 Å². The summed E-state index contributed by atoms with van der Waals surface area (Å²) >= 11 is 0. The van der Waals surface area contributed by atoms with Crippen LogP contribution in [0.4, 0.5) is 0 Å². The summed E-state index contributed by atoms with van der Waals surface area (Å²) in [6.45, 7) is 9.79. The van der Waals surface area contributed by atoms with Gasteiger partial charge < -0.3 is 4.74 Å². The molecule has 0 radical (unpaired) electrons. The fourth-order valence-corrected chi connectivity index (χ4v) is 2.22. The van der Waals surface area contributed by atoms with Gasteiger partial charge in [-0.3, -0.25) is 9.69 Å². The van der Waals surface area contributed by atoms with Crippen LogP contribution >= 0.6 is 0 Å². The van der Waals surface area contributed by atoms with E-state index in [0.29, 0.717) is 17.9 Å². The number of ketones is 1. The van der Waals surface area contributed by atoms with Crippen molar-refractivity contribution in [3.63, 3.8) is 0 Å². The van der Waals surface area contributed by atoms with Crippen molar-refractivity contribution in [3.05, 3.63) is 29.3 Å². The number of aryl methyl sites for hydroxylation is 1. The van der Waals surface area contributed by atoms with Gasteiger partial charge in [0.25, 0.3) is 0 Å². The number of rotatable bonds is 5. The molecule has 0 saturated carbocycles. The average Bonchev–Trinajstić information content (AvgIpc) is 2.25. The minimum atomic E-state index is 0.101. The summed E-state index contributed by atoms with van der Waals surface area (Å²) in [4.78, 5) is 14.4. The SMILES string of the molecule is COc1cc(C)ccc1C(=O)CN(C)CC(C)(C)C. The molecule has 106 valence electrons. The van der Waals surface area contributed by atoms with Crippen LogP contribution in [0.1, 0.15) is 36.7 Å². The van der Waals surface area contributed by atoms with Gasteiger partial charge in [-0.25, -0.2) is 0 Å². The molecule has 1 aromatic rings. The number of hydrogen-bond acceptors (Lipinski definition) is 3. The molecule has 0 aliphatic carbocycles. The summed E-state index contributed by atoms with van der Waals surface area (Å²) in [5, 5.41) is 0. The first-order chi connectivity index (χ1) is 8.73. The van der Waals surface area contributed by atoms with Crippen LogP contribution in [0.3, 0.4) is 0 Å². The highest BCUT2D eigenvalue weighted by molar-refractivity contribution is 6.00. The smallest absolute Gasteiger partial charge is 0.180 e. The lowest BCUT2D eigenvalue weighted by Gasteiger charge is -2.26. The summed E-state index contributed by atoms with van der Waals surface area (Å²) in [6.07, 6.45) is 0. The third kappa shape index (κ3) is 5.03. The zero-order valence-electron chi connectivity index (χ0n) is 12.9. The molecule has 0 aliphatic heterocycles. The summed E-state index contributed by atoms with van der Waals surface area (Å²) in [6, 6.07) is 5.69. The molecular weight excluding hydrogens is 238 g/mol. The highest BCUT2D eigenvalue weighted by Crippen LogP contribution is 2.21. The van der Waals surface area contributed by atoms with Crippen LogP contribution in [0.5, 0.6) is 5.75 Å². The second-order valence-corrected chi connectivity index (χ2v) is 6.36. The Bertz CT molecular complexity index is 447. The number of carbonyl (C=O) groups is 1. The van der Waals surface area contributed by atoms with Crippen molar-refractivity contribution in [1.29, 1.82) is 0 Å². The van der Waals surface area contributed by atoms with Crippen molar-refractivity contribution in [2.45, 2.75) is 27.7 Å². The third-order valence-corrected chi connectivity index (χ3v) is 2.82. The van der Waals surface area contributed by atoms with Crippen LogP contribution in [0.15, 0.2) is 18.2 Å². The molecule has 1 rings (SSSR count). The van der Waals surface area contributed by atoms with E-state index in [-0.39, 0.29) is 11.2 Å². The van der Waals surface area contributed by atoms with Crippen molar-refractivity contribution < 1.29 is 9.53 Å². The van der Waals surface area contributed by atoms with Crippen LogP contribution in [-0.4, -0.2) is 37.9 Å². The van der Waals surface area contributed by atoms with Gasteiger partial charge in [0.05, 0.1) is 19.2 Å². The van der Waals surface area contributed by atoms with Gasteiger partial charge >= 0.3 is 0 Å². The zero-order chi connectivity index (χ0) is 14.6. The Kier molecular flexibility index (Phi) is 5.12. The maximum Gasteiger partial charge on any atom is 0.180 e. The van der Waals surface area contributed by atoms with Crippen LogP contribution in [0.2, 0.25) is 0 Å². The van der Waals surface area contributed by atoms with Crippen molar-refractivity contribution in [1.82, 2.24) is 4.90 Å². The monoisotopic (exact) mass is 263 g/mol. The maximum atomic E-state index is 12.3. The van der Waals surface area contributed by atoms with E-state index < -0.39 is 0 Å². The average molecular weight is 263 g/mol. The Morgan fingerprint density at radius 1 is 1.32 bits per heavy atom. The molecule has 0 heterocycles. The minimum absolute atomic E-state index is 0.101. The maximum absolute atomic E-state index is 12.3. The first-order valence-electron chi connectivity index (χ1n) is 6.59. The van der Waals surface area contributed by atoms with Crippen molar-refractivity contribution >= 4 is 5.78 Å². The van der Waals surface area contributed by atoms with Gasteiger partial charge in [-0.15, -0.1) is 0 Å². The van der Waals surface area contributed by atoms with Crippen molar-refractivity contribution in [3.8, 4) is 5.75 Å². The standard InChI is InChI=1S/C16H25NO2/c1-12-7-8-13(15(9-12)19-6)14(18)10-17(5)11-16(2,3)4/h7-9H,10-11H2,1-6H3. The molecule has 19 heavy (non-hydrogen) atoms. The van der Waals surface area contributed by atoms with Crippen LogP contribution in [0, 0.1) is 12.3 Å². The second-order valence-electron chi connectivity index (χ2n) is 6.36. The highest BCUT2D eigenvalue weighted by atomic mass is 16.5. The first-order valence-corrected chi connectivity index (χ1v) is 6.59. The molecule has 0 spiro atoms. The number of Topliss-reactive ketones (excluding diaryl/α,β-unsaturated/α-hetero) is 1. The molecule has 0 amide bonds. The zero-order valence-corrected chi connectivity index (χ0v) is 12.9. The summed E-state index contributed by atoms with van der Waals surface area (Å²) in [5.74, 6) is 0.762. The lowest BCUT2D eigenvalue weighted by molar-refractivity contribution is 0.0924. The van der Waals surface area contributed by atoms with Gasteiger partial charge in [0, 0.05) is 6.54 Å². The molecule has 0 N–H and O–H groups in total. The topological polar surface area (TPSA) is 29.5 Å². The van der Waals surface area contributed by atoms with Gasteiger partial charge in [-0.05, 0) is 37.1 Å². The van der Waals surface area contributed by atoms with Gasteiger partial charge in [0.2, 0.25) is 0 Å². The fourth-order valence-electron chi connectivity index (χ4n) is 2.22. The van der Waals surface area contributed by atoms with E-state index in [4.69, 9.17) is 4.74 Å².